The van der Waals surface area contributed by atoms with Crippen LogP contribution in [0.25, 0.3) is 0 Å². The van der Waals surface area contributed by atoms with E-state index in [4.69, 9.17) is 0 Å². The van der Waals surface area contributed by atoms with Crippen molar-refractivity contribution in [2.24, 2.45) is 0 Å². The molecule has 0 aliphatic heterocycles. The van der Waals surface area contributed by atoms with Crippen LogP contribution in [0.3, 0.4) is 0 Å². The third-order valence-electron chi connectivity index (χ3n) is 0.219. The van der Waals surface area contributed by atoms with Gasteiger partial charge in [0, 0.05) is 0 Å². The Hall–Kier alpha value is 0.716. The van der Waals surface area contributed by atoms with Gasteiger partial charge >= 0.3 is 51.4 Å². The summed E-state index contributed by atoms with van der Waals surface area (Å²) in [4.78, 5) is 18.3. The number of hydrogen-bond donors (Lipinski definition) is 0. The zero-order chi connectivity index (χ0) is 8.41. The van der Waals surface area contributed by atoms with Crippen LogP contribution in [0.15, 0.2) is 12.2 Å². The molecule has 0 amide bonds. The van der Waals surface area contributed by atoms with Crippen molar-refractivity contribution in [2.75, 3.05) is 0 Å². The van der Waals surface area contributed by atoms with Gasteiger partial charge in [0.15, 0.2) is 0 Å². The number of allylic oxidation sites excluding steroid dienone is 2. The van der Waals surface area contributed by atoms with Gasteiger partial charge in [-0.2, -0.15) is 20.8 Å². The normalized spacial score (nSPS) is 8.00. The molecule has 0 radical (unpaired) electrons. The number of hydrogen-bond acceptors (Lipinski definition) is 2. The zero-order valence-electron chi connectivity index (χ0n) is 7.47. The van der Waals surface area contributed by atoms with Crippen molar-refractivity contribution in [1.29, 1.82) is 0 Å². The molecule has 0 spiro atoms. The Bertz CT molecular complexity index is 95.9. The molecule has 0 heterocycles. The fourth-order valence-corrected chi connectivity index (χ4v) is 0.0680. The molecule has 0 aromatic carbocycles. The van der Waals surface area contributed by atoms with Gasteiger partial charge in [0.25, 0.3) is 0 Å². The van der Waals surface area contributed by atoms with Gasteiger partial charge in [-0.05, 0) is 0 Å². The Morgan fingerprint density at radius 1 is 1.00 bits per heavy atom. The van der Waals surface area contributed by atoms with Crippen molar-refractivity contribution >= 4 is 12.6 Å². The Labute approximate surface area is 111 Å². The van der Waals surface area contributed by atoms with Crippen LogP contribution in [0.4, 0.5) is 0 Å². The van der Waals surface area contributed by atoms with E-state index in [1.165, 1.54) is 18.5 Å². The minimum Gasteiger partial charge on any atom is -0.440 e. The molecule has 0 saturated carbocycles. The van der Waals surface area contributed by atoms with E-state index in [2.05, 4.69) is 20.8 Å². The second kappa shape index (κ2) is 17.0. The summed E-state index contributed by atoms with van der Waals surface area (Å²) in [7, 11) is 0. The first-order valence-electron chi connectivity index (χ1n) is 2.82. The maximum atomic E-state index is 9.17. The van der Waals surface area contributed by atoms with E-state index in [-0.39, 0.29) is 51.4 Å². The molecule has 0 unspecified atom stereocenters. The molecule has 0 fully saturated rings. The minimum atomic E-state index is 0. The Morgan fingerprint density at radius 2 is 1.18 bits per heavy atom. The predicted octanol–water partition coefficient (Wildman–Crippen LogP) is -1.61. The molecule has 0 aromatic rings. The molecule has 0 aliphatic carbocycles. The molecular weight excluding hydrogens is 167 g/mol. The third-order valence-corrected chi connectivity index (χ3v) is 0.219. The maximum absolute atomic E-state index is 9.17. The first-order valence-corrected chi connectivity index (χ1v) is 2.82. The van der Waals surface area contributed by atoms with Crippen molar-refractivity contribution in [2.45, 2.75) is 20.8 Å². The molecule has 0 N–H and O–H groups in total. The van der Waals surface area contributed by atoms with E-state index < -0.39 is 0 Å². The van der Waals surface area contributed by atoms with Crippen LogP contribution in [-0.4, -0.2) is 12.6 Å². The molecular formula is C8H11KO2-2. The van der Waals surface area contributed by atoms with Crippen molar-refractivity contribution < 1.29 is 61.0 Å². The van der Waals surface area contributed by atoms with Crippen molar-refractivity contribution in [3.8, 4) is 0 Å². The van der Waals surface area contributed by atoms with E-state index in [9.17, 15) is 9.59 Å². The van der Waals surface area contributed by atoms with E-state index in [0.29, 0.717) is 0 Å². The summed E-state index contributed by atoms with van der Waals surface area (Å²) in [5.41, 5.74) is 0. The van der Waals surface area contributed by atoms with E-state index in [1.807, 2.05) is 0 Å². The molecule has 3 heteroatoms. The number of carbonyl (C=O) groups excluding carboxylic acids is 2. The van der Waals surface area contributed by atoms with E-state index in [0.717, 1.165) is 12.2 Å². The van der Waals surface area contributed by atoms with Gasteiger partial charge in [-0.1, -0.05) is 0 Å². The zero-order valence-corrected chi connectivity index (χ0v) is 10.6. The molecule has 0 bridgehead atoms. The van der Waals surface area contributed by atoms with Crippen LogP contribution in [0.5, 0.6) is 0 Å². The van der Waals surface area contributed by atoms with Crippen molar-refractivity contribution in [3.05, 3.63) is 18.1 Å². The largest absolute Gasteiger partial charge is 1.00 e. The van der Waals surface area contributed by atoms with Crippen LogP contribution in [0, 0.1) is 5.92 Å². The van der Waals surface area contributed by atoms with Crippen LogP contribution in [0.2, 0.25) is 0 Å². The smallest absolute Gasteiger partial charge is 0.440 e. The fraction of sp³-hybridized carbons (Fsp3) is 0.375. The fourth-order valence-electron chi connectivity index (χ4n) is 0.0680. The van der Waals surface area contributed by atoms with Gasteiger partial charge in [0.1, 0.15) is 0 Å². The second-order valence-corrected chi connectivity index (χ2v) is 2.07. The quantitative estimate of drug-likeness (QED) is 0.289. The van der Waals surface area contributed by atoms with E-state index in [1.54, 1.807) is 0 Å². The summed E-state index contributed by atoms with van der Waals surface area (Å²) < 4.78 is 0. The monoisotopic (exact) mass is 178 g/mol. The van der Waals surface area contributed by atoms with Crippen molar-refractivity contribution in [1.82, 2.24) is 0 Å². The SMILES string of the molecule is C[C-](C)C.O=[C-]/C=C\[C-]=O.[K+]. The molecule has 0 aliphatic rings. The summed E-state index contributed by atoms with van der Waals surface area (Å²) >= 11 is 0. The van der Waals surface area contributed by atoms with Crippen molar-refractivity contribution in [3.63, 3.8) is 0 Å². The van der Waals surface area contributed by atoms with Gasteiger partial charge in [-0.25, -0.2) is 0 Å². The number of rotatable bonds is 2. The average Bonchev–Trinajstić information content (AvgIpc) is 1.82. The molecule has 0 rings (SSSR count). The van der Waals surface area contributed by atoms with Gasteiger partial charge in [0.2, 0.25) is 0 Å². The maximum Gasteiger partial charge on any atom is 1.00 e. The van der Waals surface area contributed by atoms with Gasteiger partial charge in [-0.3, -0.25) is 0 Å². The minimum absolute atomic E-state index is 0. The molecule has 11 heavy (non-hydrogen) atoms. The average molecular weight is 178 g/mol. The molecule has 0 aromatic heterocycles. The van der Waals surface area contributed by atoms with Crippen LogP contribution >= 0.6 is 0 Å². The topological polar surface area (TPSA) is 34.1 Å². The predicted molar refractivity (Wildman–Crippen MR) is 40.8 cm³/mol. The van der Waals surface area contributed by atoms with Gasteiger partial charge in [-0.15, -0.1) is 12.6 Å². The van der Waals surface area contributed by atoms with E-state index >= 15 is 0 Å². The summed E-state index contributed by atoms with van der Waals surface area (Å²) in [6.07, 6.45) is 4.65. The first kappa shape index (κ1) is 17.7. The summed E-state index contributed by atoms with van der Waals surface area (Å²) in [6, 6.07) is 0. The first-order chi connectivity index (χ1) is 4.65. The summed E-state index contributed by atoms with van der Waals surface area (Å²) in [5.74, 6) is 1.42. The van der Waals surface area contributed by atoms with Gasteiger partial charge in [0.05, 0.1) is 0 Å². The Balaban J connectivity index is -0.000000114. The Morgan fingerprint density at radius 3 is 1.27 bits per heavy atom. The molecule has 0 atom stereocenters. The van der Waals surface area contributed by atoms with Gasteiger partial charge < -0.3 is 27.7 Å². The summed E-state index contributed by atoms with van der Waals surface area (Å²) in [5, 5.41) is 0. The summed E-state index contributed by atoms with van der Waals surface area (Å²) in [6.45, 7) is 6.25. The molecule has 2 nitrogen and oxygen atoms in total. The van der Waals surface area contributed by atoms with Crippen LogP contribution < -0.4 is 51.4 Å². The third kappa shape index (κ3) is 58.9. The molecule has 58 valence electrons. The second-order valence-electron chi connectivity index (χ2n) is 2.07. The van der Waals surface area contributed by atoms with Crippen LogP contribution in [0.1, 0.15) is 20.8 Å². The molecule has 0 saturated heterocycles. The van der Waals surface area contributed by atoms with Crippen LogP contribution in [-0.2, 0) is 9.59 Å². The standard InChI is InChI=1S/C4H2O2.C4H9.K/c5-3-1-2-4-6;1-4(2)3;/h1-2H;1-3H3;/q-2;-1;+1/b2-1-;;. The Kier molecular flexibility index (Phi) is 27.4.